The zero-order chi connectivity index (χ0) is 13.1. The minimum Gasteiger partial charge on any atom is -0.469 e. The van der Waals surface area contributed by atoms with Crippen molar-refractivity contribution in [1.82, 2.24) is 0 Å². The van der Waals surface area contributed by atoms with Crippen molar-refractivity contribution in [1.29, 1.82) is 0 Å². The average Bonchev–Trinajstić information content (AvgIpc) is 3.19. The molecule has 1 saturated carbocycles. The molecular weight excluding hydrogens is 224 g/mol. The number of ether oxygens (including phenoxy) is 1. The van der Waals surface area contributed by atoms with Gasteiger partial charge in [-0.05, 0) is 12.3 Å². The summed E-state index contributed by atoms with van der Waals surface area (Å²) in [5.41, 5.74) is 0. The van der Waals surface area contributed by atoms with E-state index in [2.05, 4.69) is 4.74 Å². The lowest BCUT2D eigenvalue weighted by atomic mass is 10.0. The van der Waals surface area contributed by atoms with E-state index in [9.17, 15) is 4.79 Å². The van der Waals surface area contributed by atoms with E-state index in [1.807, 2.05) is 0 Å². The van der Waals surface area contributed by atoms with Gasteiger partial charge in [0.05, 0.1) is 7.11 Å². The van der Waals surface area contributed by atoms with Gasteiger partial charge in [-0.2, -0.15) is 0 Å². The first-order valence-corrected chi connectivity index (χ1v) is 7.89. The second-order valence-corrected chi connectivity index (χ2v) is 5.74. The quantitative estimate of drug-likeness (QED) is 0.367. The van der Waals surface area contributed by atoms with E-state index in [-0.39, 0.29) is 5.97 Å². The highest BCUT2D eigenvalue weighted by Crippen LogP contribution is 2.34. The lowest BCUT2D eigenvalue weighted by molar-refractivity contribution is -0.140. The van der Waals surface area contributed by atoms with E-state index in [4.69, 9.17) is 0 Å². The Morgan fingerprint density at radius 3 is 1.89 bits per heavy atom. The third-order valence-electron chi connectivity index (χ3n) is 3.92. The van der Waals surface area contributed by atoms with E-state index in [0.717, 1.165) is 12.3 Å². The fourth-order valence-corrected chi connectivity index (χ4v) is 2.45. The van der Waals surface area contributed by atoms with Gasteiger partial charge in [-0.15, -0.1) is 0 Å². The molecule has 0 N–H and O–H groups in total. The number of esters is 1. The highest BCUT2D eigenvalue weighted by atomic mass is 16.5. The molecule has 0 aliphatic heterocycles. The van der Waals surface area contributed by atoms with E-state index in [1.165, 1.54) is 77.7 Å². The summed E-state index contributed by atoms with van der Waals surface area (Å²) in [6.45, 7) is 0. The molecule has 0 unspecified atom stereocenters. The molecule has 106 valence electrons. The molecule has 0 aromatic rings. The van der Waals surface area contributed by atoms with Crippen LogP contribution in [0.4, 0.5) is 0 Å². The first-order valence-electron chi connectivity index (χ1n) is 7.89. The standard InChI is InChI=1S/C16H30O2/c1-18-16(17)12-10-8-6-4-2-3-5-7-9-11-15-13-14-15/h15H,2-14H2,1H3. The van der Waals surface area contributed by atoms with Gasteiger partial charge in [0.25, 0.3) is 0 Å². The van der Waals surface area contributed by atoms with Gasteiger partial charge in [-0.3, -0.25) is 4.79 Å². The molecule has 1 aliphatic rings. The summed E-state index contributed by atoms with van der Waals surface area (Å²) in [6.07, 6.45) is 17.0. The topological polar surface area (TPSA) is 26.3 Å². The van der Waals surface area contributed by atoms with E-state index >= 15 is 0 Å². The second kappa shape index (κ2) is 10.4. The molecule has 1 rings (SSSR count). The zero-order valence-electron chi connectivity index (χ0n) is 12.1. The summed E-state index contributed by atoms with van der Waals surface area (Å²) in [4.78, 5) is 10.9. The van der Waals surface area contributed by atoms with Crippen LogP contribution in [0.1, 0.15) is 83.5 Å². The molecule has 0 spiro atoms. The zero-order valence-corrected chi connectivity index (χ0v) is 12.1. The van der Waals surface area contributed by atoms with Crippen LogP contribution < -0.4 is 0 Å². The van der Waals surface area contributed by atoms with Crippen LogP contribution in [0.2, 0.25) is 0 Å². The van der Waals surface area contributed by atoms with Crippen LogP contribution in [0.15, 0.2) is 0 Å². The summed E-state index contributed by atoms with van der Waals surface area (Å²) in [5, 5.41) is 0. The Hall–Kier alpha value is -0.530. The Balaban J connectivity index is 1.66. The largest absolute Gasteiger partial charge is 0.469 e. The first kappa shape index (κ1) is 15.5. The molecule has 0 radical (unpaired) electrons. The summed E-state index contributed by atoms with van der Waals surface area (Å²) in [6, 6.07) is 0. The monoisotopic (exact) mass is 254 g/mol. The van der Waals surface area contributed by atoms with Gasteiger partial charge < -0.3 is 4.74 Å². The molecule has 0 amide bonds. The minimum absolute atomic E-state index is 0.0642. The molecule has 18 heavy (non-hydrogen) atoms. The lowest BCUT2D eigenvalue weighted by Gasteiger charge is -2.02. The molecule has 0 aromatic heterocycles. The predicted molar refractivity (Wildman–Crippen MR) is 75.5 cm³/mol. The normalized spacial score (nSPS) is 14.7. The molecule has 1 aliphatic carbocycles. The van der Waals surface area contributed by atoms with Crippen LogP contribution in [0.25, 0.3) is 0 Å². The first-order chi connectivity index (χ1) is 8.83. The Labute approximate surface area is 112 Å². The summed E-state index contributed by atoms with van der Waals surface area (Å²) >= 11 is 0. The van der Waals surface area contributed by atoms with Crippen LogP contribution in [0, 0.1) is 5.92 Å². The fourth-order valence-electron chi connectivity index (χ4n) is 2.45. The van der Waals surface area contributed by atoms with Crippen molar-refractivity contribution < 1.29 is 9.53 Å². The predicted octanol–water partition coefficient (Wildman–Crippen LogP) is 4.86. The number of methoxy groups -OCH3 is 1. The van der Waals surface area contributed by atoms with Crippen LogP contribution in [-0.2, 0) is 9.53 Å². The van der Waals surface area contributed by atoms with Gasteiger partial charge in [0.1, 0.15) is 0 Å². The SMILES string of the molecule is COC(=O)CCCCCCCCCCCC1CC1. The maximum atomic E-state index is 10.9. The second-order valence-electron chi connectivity index (χ2n) is 5.74. The molecule has 2 nitrogen and oxygen atoms in total. The molecule has 0 heterocycles. The van der Waals surface area contributed by atoms with Crippen molar-refractivity contribution in [2.45, 2.75) is 83.5 Å². The van der Waals surface area contributed by atoms with Crippen molar-refractivity contribution in [3.05, 3.63) is 0 Å². The van der Waals surface area contributed by atoms with Crippen molar-refractivity contribution >= 4 is 5.97 Å². The van der Waals surface area contributed by atoms with Gasteiger partial charge in [0, 0.05) is 6.42 Å². The number of carbonyl (C=O) groups excluding carboxylic acids is 1. The van der Waals surface area contributed by atoms with Gasteiger partial charge in [-0.25, -0.2) is 0 Å². The fraction of sp³-hybridized carbons (Fsp3) is 0.938. The van der Waals surface area contributed by atoms with E-state index < -0.39 is 0 Å². The third-order valence-corrected chi connectivity index (χ3v) is 3.92. The molecule has 0 bridgehead atoms. The van der Waals surface area contributed by atoms with Crippen molar-refractivity contribution in [3.8, 4) is 0 Å². The van der Waals surface area contributed by atoms with Gasteiger partial charge >= 0.3 is 5.97 Å². The minimum atomic E-state index is -0.0642. The summed E-state index contributed by atoms with van der Waals surface area (Å²) in [5.74, 6) is 1.05. The van der Waals surface area contributed by atoms with E-state index in [0.29, 0.717) is 6.42 Å². The maximum Gasteiger partial charge on any atom is 0.305 e. The molecule has 0 aromatic carbocycles. The van der Waals surface area contributed by atoms with Crippen LogP contribution in [0.3, 0.4) is 0 Å². The van der Waals surface area contributed by atoms with Gasteiger partial charge in [-0.1, -0.05) is 70.6 Å². The average molecular weight is 254 g/mol. The lowest BCUT2D eigenvalue weighted by Crippen LogP contribution is -1.99. The van der Waals surface area contributed by atoms with Gasteiger partial charge in [0.2, 0.25) is 0 Å². The van der Waals surface area contributed by atoms with Crippen molar-refractivity contribution in [2.24, 2.45) is 5.92 Å². The summed E-state index contributed by atoms with van der Waals surface area (Å²) < 4.78 is 4.62. The number of hydrogen-bond acceptors (Lipinski definition) is 2. The Kier molecular flexibility index (Phi) is 8.97. The number of rotatable bonds is 12. The summed E-state index contributed by atoms with van der Waals surface area (Å²) in [7, 11) is 1.46. The number of unbranched alkanes of at least 4 members (excludes halogenated alkanes) is 8. The van der Waals surface area contributed by atoms with Crippen molar-refractivity contribution in [2.75, 3.05) is 7.11 Å². The highest BCUT2D eigenvalue weighted by Gasteiger charge is 2.19. The highest BCUT2D eigenvalue weighted by molar-refractivity contribution is 5.68. The maximum absolute atomic E-state index is 10.9. The Morgan fingerprint density at radius 2 is 1.39 bits per heavy atom. The Morgan fingerprint density at radius 1 is 0.889 bits per heavy atom. The van der Waals surface area contributed by atoms with Crippen LogP contribution in [0.5, 0.6) is 0 Å². The molecule has 0 atom stereocenters. The van der Waals surface area contributed by atoms with Crippen LogP contribution in [-0.4, -0.2) is 13.1 Å². The van der Waals surface area contributed by atoms with Crippen molar-refractivity contribution in [3.63, 3.8) is 0 Å². The van der Waals surface area contributed by atoms with E-state index in [1.54, 1.807) is 0 Å². The number of hydrogen-bond donors (Lipinski definition) is 0. The Bertz CT molecular complexity index is 209. The smallest absolute Gasteiger partial charge is 0.305 e. The van der Waals surface area contributed by atoms with Crippen LogP contribution >= 0.6 is 0 Å². The molecule has 2 heteroatoms. The molecule has 0 saturated heterocycles. The molecular formula is C16H30O2. The molecule has 1 fully saturated rings. The third kappa shape index (κ3) is 9.49. The van der Waals surface area contributed by atoms with Gasteiger partial charge in [0.15, 0.2) is 0 Å². The number of carbonyl (C=O) groups is 1.